The summed E-state index contributed by atoms with van der Waals surface area (Å²) in [6.07, 6.45) is 2.30. The minimum atomic E-state index is -0.327. The van der Waals surface area contributed by atoms with Crippen LogP contribution in [0.5, 0.6) is 5.75 Å². The summed E-state index contributed by atoms with van der Waals surface area (Å²) in [6.45, 7) is 8.04. The summed E-state index contributed by atoms with van der Waals surface area (Å²) in [4.78, 5) is 11.3. The monoisotopic (exact) mass is 262 g/mol. The number of ether oxygens (including phenoxy) is 2. The maximum absolute atomic E-state index is 11.3. The predicted octanol–water partition coefficient (Wildman–Crippen LogP) is 3.83. The van der Waals surface area contributed by atoms with Gasteiger partial charge in [-0.15, -0.1) is 0 Å². The van der Waals surface area contributed by atoms with Crippen LogP contribution in [0.15, 0.2) is 30.3 Å². The number of hydrogen-bond acceptors (Lipinski definition) is 3. The molecule has 0 fully saturated rings. The Morgan fingerprint density at radius 3 is 2.21 bits per heavy atom. The first kappa shape index (κ1) is 15.3. The van der Waals surface area contributed by atoms with Crippen LogP contribution in [0, 0.1) is 0 Å². The van der Waals surface area contributed by atoms with Gasteiger partial charge in [-0.05, 0) is 50.5 Å². The van der Waals surface area contributed by atoms with Crippen molar-refractivity contribution in [3.05, 3.63) is 35.9 Å². The zero-order chi connectivity index (χ0) is 14.5. The molecule has 1 rings (SSSR count). The van der Waals surface area contributed by atoms with Crippen molar-refractivity contribution in [1.82, 2.24) is 0 Å². The molecule has 0 amide bonds. The highest BCUT2D eigenvalue weighted by atomic mass is 16.5. The summed E-state index contributed by atoms with van der Waals surface area (Å²) < 4.78 is 10.4. The van der Waals surface area contributed by atoms with Crippen LogP contribution in [0.4, 0.5) is 0 Å². The van der Waals surface area contributed by atoms with Gasteiger partial charge >= 0.3 is 5.97 Å². The van der Waals surface area contributed by atoms with E-state index in [9.17, 15) is 4.79 Å². The molecule has 0 radical (unpaired) electrons. The molecular weight excluding hydrogens is 240 g/mol. The number of benzene rings is 1. The van der Waals surface area contributed by atoms with Crippen molar-refractivity contribution < 1.29 is 14.3 Å². The van der Waals surface area contributed by atoms with Crippen molar-refractivity contribution in [3.63, 3.8) is 0 Å². The van der Waals surface area contributed by atoms with Gasteiger partial charge in [-0.25, -0.2) is 4.79 Å². The SMILES string of the molecule is CCC(=CC(=O)OC)c1ccc(OC(C)(C)C)cc1. The van der Waals surface area contributed by atoms with Crippen LogP contribution in [0.25, 0.3) is 5.57 Å². The van der Waals surface area contributed by atoms with Gasteiger partial charge in [-0.3, -0.25) is 0 Å². The van der Waals surface area contributed by atoms with Gasteiger partial charge in [0.15, 0.2) is 0 Å². The van der Waals surface area contributed by atoms with Crippen LogP contribution in [0.1, 0.15) is 39.7 Å². The van der Waals surface area contributed by atoms with E-state index < -0.39 is 0 Å². The van der Waals surface area contributed by atoms with Crippen LogP contribution in [-0.4, -0.2) is 18.7 Å². The summed E-state index contributed by atoms with van der Waals surface area (Å²) >= 11 is 0. The Morgan fingerprint density at radius 2 is 1.79 bits per heavy atom. The Morgan fingerprint density at radius 1 is 1.21 bits per heavy atom. The molecule has 104 valence electrons. The average Bonchev–Trinajstić information content (AvgIpc) is 2.35. The first-order chi connectivity index (χ1) is 8.85. The quantitative estimate of drug-likeness (QED) is 0.611. The second-order valence-corrected chi connectivity index (χ2v) is 5.29. The molecule has 0 saturated heterocycles. The molecule has 1 aromatic rings. The molecule has 0 aromatic heterocycles. The highest BCUT2D eigenvalue weighted by Gasteiger charge is 2.11. The highest BCUT2D eigenvalue weighted by molar-refractivity contribution is 5.91. The van der Waals surface area contributed by atoms with E-state index in [0.717, 1.165) is 23.3 Å². The van der Waals surface area contributed by atoms with Gasteiger partial charge in [0.1, 0.15) is 11.4 Å². The molecule has 0 heterocycles. The van der Waals surface area contributed by atoms with Gasteiger partial charge in [0, 0.05) is 6.08 Å². The molecule has 3 nitrogen and oxygen atoms in total. The van der Waals surface area contributed by atoms with E-state index in [1.807, 2.05) is 52.0 Å². The number of carbonyl (C=O) groups excluding carboxylic acids is 1. The molecule has 0 saturated carbocycles. The number of hydrogen-bond donors (Lipinski definition) is 0. The van der Waals surface area contributed by atoms with Crippen LogP contribution in [0.3, 0.4) is 0 Å². The van der Waals surface area contributed by atoms with Gasteiger partial charge in [0.2, 0.25) is 0 Å². The third kappa shape index (κ3) is 5.16. The van der Waals surface area contributed by atoms with Gasteiger partial charge in [-0.1, -0.05) is 19.1 Å². The molecule has 0 aliphatic rings. The van der Waals surface area contributed by atoms with E-state index in [2.05, 4.69) is 4.74 Å². The zero-order valence-corrected chi connectivity index (χ0v) is 12.3. The minimum absolute atomic E-state index is 0.211. The van der Waals surface area contributed by atoms with Crippen molar-refractivity contribution in [2.24, 2.45) is 0 Å². The summed E-state index contributed by atoms with van der Waals surface area (Å²) in [5.74, 6) is 0.497. The molecule has 19 heavy (non-hydrogen) atoms. The zero-order valence-electron chi connectivity index (χ0n) is 12.3. The van der Waals surface area contributed by atoms with Gasteiger partial charge in [0.25, 0.3) is 0 Å². The second kappa shape index (κ2) is 6.41. The lowest BCUT2D eigenvalue weighted by atomic mass is 10.0. The number of carbonyl (C=O) groups is 1. The molecule has 0 atom stereocenters. The highest BCUT2D eigenvalue weighted by Crippen LogP contribution is 2.23. The van der Waals surface area contributed by atoms with E-state index in [1.165, 1.54) is 13.2 Å². The van der Waals surface area contributed by atoms with E-state index in [1.54, 1.807) is 0 Å². The molecule has 0 bridgehead atoms. The predicted molar refractivity (Wildman–Crippen MR) is 77.1 cm³/mol. The largest absolute Gasteiger partial charge is 0.488 e. The van der Waals surface area contributed by atoms with Crippen molar-refractivity contribution in [1.29, 1.82) is 0 Å². The number of methoxy groups -OCH3 is 1. The third-order valence-corrected chi connectivity index (χ3v) is 2.52. The van der Waals surface area contributed by atoms with Gasteiger partial charge in [0.05, 0.1) is 7.11 Å². The van der Waals surface area contributed by atoms with E-state index >= 15 is 0 Å². The van der Waals surface area contributed by atoms with E-state index in [-0.39, 0.29) is 11.6 Å². The first-order valence-corrected chi connectivity index (χ1v) is 6.43. The second-order valence-electron chi connectivity index (χ2n) is 5.29. The molecule has 0 unspecified atom stereocenters. The molecule has 0 aliphatic heterocycles. The molecule has 0 aliphatic carbocycles. The Bertz CT molecular complexity index is 450. The van der Waals surface area contributed by atoms with Crippen LogP contribution < -0.4 is 4.74 Å². The Hall–Kier alpha value is -1.77. The van der Waals surface area contributed by atoms with Crippen molar-refractivity contribution >= 4 is 11.5 Å². The van der Waals surface area contributed by atoms with Crippen LogP contribution in [0.2, 0.25) is 0 Å². The lowest BCUT2D eigenvalue weighted by molar-refractivity contribution is -0.134. The molecule has 0 spiro atoms. The van der Waals surface area contributed by atoms with Crippen molar-refractivity contribution in [2.75, 3.05) is 7.11 Å². The van der Waals surface area contributed by atoms with Gasteiger partial charge in [-0.2, -0.15) is 0 Å². The van der Waals surface area contributed by atoms with E-state index in [0.29, 0.717) is 0 Å². The van der Waals surface area contributed by atoms with E-state index in [4.69, 9.17) is 4.74 Å². The molecule has 3 heteroatoms. The maximum atomic E-state index is 11.3. The Labute approximate surface area is 115 Å². The Balaban J connectivity index is 2.91. The topological polar surface area (TPSA) is 35.5 Å². The van der Waals surface area contributed by atoms with Crippen molar-refractivity contribution in [3.8, 4) is 5.75 Å². The Kier molecular flexibility index (Phi) is 5.16. The minimum Gasteiger partial charge on any atom is -0.488 e. The number of allylic oxidation sites excluding steroid dienone is 1. The summed E-state index contributed by atoms with van der Waals surface area (Å²) in [7, 11) is 1.38. The fraction of sp³-hybridized carbons (Fsp3) is 0.438. The molecule has 0 N–H and O–H groups in total. The summed E-state index contributed by atoms with van der Waals surface area (Å²) in [5.41, 5.74) is 1.75. The fourth-order valence-electron chi connectivity index (χ4n) is 1.68. The normalized spacial score (nSPS) is 12.2. The van der Waals surface area contributed by atoms with Crippen LogP contribution in [-0.2, 0) is 9.53 Å². The summed E-state index contributed by atoms with van der Waals surface area (Å²) in [6, 6.07) is 7.75. The standard InChI is InChI=1S/C16H22O3/c1-6-12(11-15(17)18-5)13-7-9-14(10-8-13)19-16(2,3)4/h7-11H,6H2,1-5H3. The van der Waals surface area contributed by atoms with Crippen molar-refractivity contribution in [2.45, 2.75) is 39.7 Å². The maximum Gasteiger partial charge on any atom is 0.330 e. The average molecular weight is 262 g/mol. The lowest BCUT2D eigenvalue weighted by Crippen LogP contribution is -2.22. The molecule has 1 aromatic carbocycles. The number of rotatable bonds is 4. The van der Waals surface area contributed by atoms with Crippen LogP contribution >= 0.6 is 0 Å². The first-order valence-electron chi connectivity index (χ1n) is 6.43. The summed E-state index contributed by atoms with van der Waals surface area (Å²) in [5, 5.41) is 0. The third-order valence-electron chi connectivity index (χ3n) is 2.52. The lowest BCUT2D eigenvalue weighted by Gasteiger charge is -2.21. The smallest absolute Gasteiger partial charge is 0.330 e. The number of esters is 1. The fourth-order valence-corrected chi connectivity index (χ4v) is 1.68. The molecular formula is C16H22O3. The van der Waals surface area contributed by atoms with Gasteiger partial charge < -0.3 is 9.47 Å².